The molecular formula is C15H16ClN3O2. The van der Waals surface area contributed by atoms with Crippen LogP contribution in [0.3, 0.4) is 0 Å². The summed E-state index contributed by atoms with van der Waals surface area (Å²) in [6.45, 7) is 2.47. The molecule has 0 aliphatic rings. The quantitative estimate of drug-likeness (QED) is 0.466. The van der Waals surface area contributed by atoms with E-state index in [0.29, 0.717) is 17.5 Å². The summed E-state index contributed by atoms with van der Waals surface area (Å²) in [5.41, 5.74) is 0.820. The van der Waals surface area contributed by atoms with Crippen LogP contribution in [0.1, 0.15) is 19.8 Å². The summed E-state index contributed by atoms with van der Waals surface area (Å²) >= 11 is 5.93. The highest BCUT2D eigenvalue weighted by molar-refractivity contribution is 6.30. The number of halogens is 1. The molecule has 0 bridgehead atoms. The van der Waals surface area contributed by atoms with Gasteiger partial charge in [-0.3, -0.25) is 0 Å². The van der Waals surface area contributed by atoms with Gasteiger partial charge >= 0.3 is 5.97 Å². The Bertz CT molecular complexity index is 637. The third-order valence-electron chi connectivity index (χ3n) is 2.70. The molecule has 0 amide bonds. The summed E-state index contributed by atoms with van der Waals surface area (Å²) in [6.07, 6.45) is 6.21. The van der Waals surface area contributed by atoms with Crippen molar-refractivity contribution in [3.63, 3.8) is 0 Å². The van der Waals surface area contributed by atoms with Gasteiger partial charge in [0.15, 0.2) is 5.82 Å². The van der Waals surface area contributed by atoms with Gasteiger partial charge in [-0.25, -0.2) is 14.5 Å². The normalized spacial score (nSPS) is 11.0. The van der Waals surface area contributed by atoms with Gasteiger partial charge in [-0.2, -0.15) is 0 Å². The number of aromatic nitrogens is 3. The molecule has 0 aliphatic carbocycles. The van der Waals surface area contributed by atoms with E-state index in [2.05, 4.69) is 10.1 Å². The van der Waals surface area contributed by atoms with Crippen LogP contribution in [0, 0.1) is 0 Å². The summed E-state index contributed by atoms with van der Waals surface area (Å²) in [5.74, 6) is 0.157. The molecule has 0 saturated carbocycles. The van der Waals surface area contributed by atoms with E-state index in [-0.39, 0.29) is 5.97 Å². The van der Waals surface area contributed by atoms with E-state index in [0.717, 1.165) is 18.4 Å². The van der Waals surface area contributed by atoms with Crippen LogP contribution in [0.4, 0.5) is 0 Å². The molecule has 5 nitrogen and oxygen atoms in total. The highest BCUT2D eigenvalue weighted by Gasteiger charge is 2.04. The van der Waals surface area contributed by atoms with Gasteiger partial charge < -0.3 is 4.74 Å². The van der Waals surface area contributed by atoms with E-state index in [1.165, 1.54) is 23.3 Å². The molecule has 21 heavy (non-hydrogen) atoms. The highest BCUT2D eigenvalue weighted by atomic mass is 35.5. The number of carbonyl (C=O) groups excluding carboxylic acids is 1. The Morgan fingerprint density at radius 2 is 2.33 bits per heavy atom. The summed E-state index contributed by atoms with van der Waals surface area (Å²) in [7, 11) is 0. The van der Waals surface area contributed by atoms with E-state index >= 15 is 0 Å². The number of esters is 1. The van der Waals surface area contributed by atoms with Crippen LogP contribution in [-0.4, -0.2) is 27.3 Å². The van der Waals surface area contributed by atoms with Crippen molar-refractivity contribution in [1.29, 1.82) is 0 Å². The second-order valence-electron chi connectivity index (χ2n) is 4.40. The van der Waals surface area contributed by atoms with Gasteiger partial charge in [0.25, 0.3) is 0 Å². The van der Waals surface area contributed by atoms with E-state index < -0.39 is 0 Å². The lowest BCUT2D eigenvalue weighted by Crippen LogP contribution is -2.02. The second kappa shape index (κ2) is 7.59. The van der Waals surface area contributed by atoms with Gasteiger partial charge in [-0.1, -0.05) is 37.1 Å². The Morgan fingerprint density at radius 3 is 3.10 bits per heavy atom. The first-order valence-electron chi connectivity index (χ1n) is 6.71. The molecule has 0 spiro atoms. The molecule has 0 fully saturated rings. The Kier molecular flexibility index (Phi) is 5.51. The first kappa shape index (κ1) is 15.3. The smallest absolute Gasteiger partial charge is 0.332 e. The zero-order valence-electron chi connectivity index (χ0n) is 11.7. The maximum atomic E-state index is 11.4. The molecule has 1 aromatic heterocycles. The first-order valence-corrected chi connectivity index (χ1v) is 7.09. The molecule has 2 rings (SSSR count). The molecule has 0 atom stereocenters. The summed E-state index contributed by atoms with van der Waals surface area (Å²) in [6, 6.07) is 7.27. The molecule has 6 heteroatoms. The van der Waals surface area contributed by atoms with E-state index in [1.807, 2.05) is 19.1 Å². The molecule has 110 valence electrons. The van der Waals surface area contributed by atoms with Crippen molar-refractivity contribution >= 4 is 23.8 Å². The van der Waals surface area contributed by atoms with Gasteiger partial charge in [-0.05, 0) is 18.6 Å². The minimum atomic E-state index is -0.386. The Balaban J connectivity index is 1.98. The van der Waals surface area contributed by atoms with Crippen molar-refractivity contribution in [2.75, 3.05) is 6.61 Å². The van der Waals surface area contributed by atoms with Gasteiger partial charge in [0, 0.05) is 22.9 Å². The Hall–Kier alpha value is -2.14. The fourth-order valence-electron chi connectivity index (χ4n) is 1.61. The number of hydrogen-bond acceptors (Lipinski definition) is 4. The molecule has 1 heterocycles. The van der Waals surface area contributed by atoms with Crippen molar-refractivity contribution in [2.24, 2.45) is 0 Å². The number of unbranched alkanes of at least 4 members (excludes halogenated alkanes) is 1. The monoisotopic (exact) mass is 305 g/mol. The van der Waals surface area contributed by atoms with Crippen LogP contribution in [-0.2, 0) is 9.53 Å². The number of nitrogens with zero attached hydrogens (tertiary/aromatic N) is 3. The predicted octanol–water partition coefficient (Wildman–Crippen LogP) is 3.41. The topological polar surface area (TPSA) is 57.0 Å². The molecule has 1 aromatic carbocycles. The molecule has 0 radical (unpaired) electrons. The summed E-state index contributed by atoms with van der Waals surface area (Å²) in [5, 5.41) is 4.87. The molecule has 0 unspecified atom stereocenters. The van der Waals surface area contributed by atoms with Gasteiger partial charge in [0.05, 0.1) is 6.61 Å². The van der Waals surface area contributed by atoms with Crippen LogP contribution >= 0.6 is 11.6 Å². The lowest BCUT2D eigenvalue weighted by atomic mass is 10.2. The maximum absolute atomic E-state index is 11.4. The fourth-order valence-corrected chi connectivity index (χ4v) is 1.80. The average molecular weight is 306 g/mol. The number of benzene rings is 1. The van der Waals surface area contributed by atoms with E-state index in [4.69, 9.17) is 16.3 Å². The minimum absolute atomic E-state index is 0.386. The van der Waals surface area contributed by atoms with Crippen LogP contribution in [0.5, 0.6) is 0 Å². The van der Waals surface area contributed by atoms with Crippen molar-refractivity contribution in [1.82, 2.24) is 14.8 Å². The average Bonchev–Trinajstić information content (AvgIpc) is 2.94. The lowest BCUT2D eigenvalue weighted by Gasteiger charge is -1.98. The second-order valence-corrected chi connectivity index (χ2v) is 4.83. The van der Waals surface area contributed by atoms with Crippen LogP contribution in [0.15, 0.2) is 36.7 Å². The molecule has 0 aliphatic heterocycles. The zero-order chi connectivity index (χ0) is 15.1. The van der Waals surface area contributed by atoms with E-state index in [9.17, 15) is 4.79 Å². The largest absolute Gasteiger partial charge is 0.462 e. The lowest BCUT2D eigenvalue weighted by molar-refractivity contribution is -0.137. The zero-order valence-corrected chi connectivity index (χ0v) is 12.5. The SMILES string of the molecule is CCCCOC(=O)/C=C\n1cnc(-c2cccc(Cl)c2)n1. The van der Waals surface area contributed by atoms with Crippen LogP contribution in [0.25, 0.3) is 17.6 Å². The first-order chi connectivity index (χ1) is 10.2. The molecule has 2 aromatic rings. The van der Waals surface area contributed by atoms with Gasteiger partial charge in [0.1, 0.15) is 6.33 Å². The third kappa shape index (κ3) is 4.72. The minimum Gasteiger partial charge on any atom is -0.462 e. The van der Waals surface area contributed by atoms with Gasteiger partial charge in [-0.15, -0.1) is 5.10 Å². The number of rotatable bonds is 6. The van der Waals surface area contributed by atoms with E-state index in [1.54, 1.807) is 12.1 Å². The maximum Gasteiger partial charge on any atom is 0.332 e. The van der Waals surface area contributed by atoms with Crippen molar-refractivity contribution in [3.8, 4) is 11.4 Å². The standard InChI is InChI=1S/C15H16ClN3O2/c1-2-3-9-21-14(20)7-8-19-11-17-15(18-19)12-5-4-6-13(16)10-12/h4-8,10-11H,2-3,9H2,1H3/b8-7-. The molecule has 0 saturated heterocycles. The van der Waals surface area contributed by atoms with Crippen LogP contribution < -0.4 is 0 Å². The Morgan fingerprint density at radius 1 is 1.48 bits per heavy atom. The number of ether oxygens (including phenoxy) is 1. The summed E-state index contributed by atoms with van der Waals surface area (Å²) < 4.78 is 6.46. The van der Waals surface area contributed by atoms with Gasteiger partial charge in [0.2, 0.25) is 0 Å². The number of carbonyl (C=O) groups is 1. The number of hydrogen-bond donors (Lipinski definition) is 0. The predicted molar refractivity (Wildman–Crippen MR) is 81.7 cm³/mol. The Labute approximate surface area is 128 Å². The summed E-state index contributed by atoms with van der Waals surface area (Å²) in [4.78, 5) is 15.6. The molecular weight excluding hydrogens is 290 g/mol. The van der Waals surface area contributed by atoms with Crippen molar-refractivity contribution in [2.45, 2.75) is 19.8 Å². The molecule has 0 N–H and O–H groups in total. The van der Waals surface area contributed by atoms with Crippen molar-refractivity contribution in [3.05, 3.63) is 41.7 Å². The third-order valence-corrected chi connectivity index (χ3v) is 2.93. The van der Waals surface area contributed by atoms with Crippen LogP contribution in [0.2, 0.25) is 5.02 Å². The fraction of sp³-hybridized carbons (Fsp3) is 0.267. The highest BCUT2D eigenvalue weighted by Crippen LogP contribution is 2.18. The van der Waals surface area contributed by atoms with Crippen molar-refractivity contribution < 1.29 is 9.53 Å².